The first-order chi connectivity index (χ1) is 16.2. The molecule has 0 unspecified atom stereocenters. The van der Waals surface area contributed by atoms with Gasteiger partial charge >= 0.3 is 0 Å². The average Bonchev–Trinajstić information content (AvgIpc) is 3.48. The van der Waals surface area contributed by atoms with Gasteiger partial charge in [-0.05, 0) is 71.7 Å². The Bertz CT molecular complexity index is 1340. The molecule has 2 N–H and O–H groups in total. The van der Waals surface area contributed by atoms with E-state index in [1.165, 1.54) is 16.4 Å². The quantitative estimate of drug-likeness (QED) is 0.531. The van der Waals surface area contributed by atoms with E-state index in [4.69, 9.17) is 16.3 Å². The largest absolute Gasteiger partial charge is 0.507 e. The first kappa shape index (κ1) is 23.1. The van der Waals surface area contributed by atoms with E-state index in [1.54, 1.807) is 12.1 Å². The van der Waals surface area contributed by atoms with Gasteiger partial charge in [0.05, 0.1) is 5.02 Å². The highest BCUT2D eigenvalue weighted by atomic mass is 35.5. The van der Waals surface area contributed by atoms with Gasteiger partial charge in [0.1, 0.15) is 22.1 Å². The molecule has 2 aliphatic rings. The van der Waals surface area contributed by atoms with E-state index in [1.807, 2.05) is 0 Å². The zero-order valence-corrected chi connectivity index (χ0v) is 20.6. The smallest absolute Gasteiger partial charge is 0.246 e. The van der Waals surface area contributed by atoms with Crippen LogP contribution in [0.15, 0.2) is 29.2 Å². The maximum Gasteiger partial charge on any atom is 0.246 e. The second kappa shape index (κ2) is 8.51. The summed E-state index contributed by atoms with van der Waals surface area (Å²) in [5, 5.41) is 24.9. The van der Waals surface area contributed by atoms with Crippen LogP contribution in [0.4, 0.5) is 0 Å². The maximum absolute atomic E-state index is 13.4. The second-order valence-corrected chi connectivity index (χ2v) is 11.9. The molecule has 1 aliphatic carbocycles. The van der Waals surface area contributed by atoms with Gasteiger partial charge < -0.3 is 9.84 Å². The van der Waals surface area contributed by atoms with Crippen LogP contribution in [0.3, 0.4) is 0 Å². The third-order valence-electron chi connectivity index (χ3n) is 6.54. The van der Waals surface area contributed by atoms with Crippen LogP contribution in [0.25, 0.3) is 11.4 Å². The van der Waals surface area contributed by atoms with Crippen LogP contribution < -0.4 is 4.74 Å². The summed E-state index contributed by atoms with van der Waals surface area (Å²) in [6.07, 6.45) is 4.27. The second-order valence-electron chi connectivity index (χ2n) is 9.63. The number of aromatic hydroxyl groups is 1. The van der Waals surface area contributed by atoms with Gasteiger partial charge in [-0.2, -0.15) is 4.31 Å². The SMILES string of the molecule is CC1(C)CCCN(S(=O)(=O)c2cc(Oc3c(Cl)cc(-c4nnn[nH]4)c4c3CCC4)ccc2O)C1. The molecule has 2 heterocycles. The summed E-state index contributed by atoms with van der Waals surface area (Å²) < 4.78 is 34.4. The Hall–Kier alpha value is -2.69. The summed E-state index contributed by atoms with van der Waals surface area (Å²) in [7, 11) is -3.89. The highest BCUT2D eigenvalue weighted by molar-refractivity contribution is 7.89. The standard InChI is InChI=1S/C23H26ClN5O4S/c1-23(2)9-4-10-29(13-23)34(31,32)20-11-14(7-8-19(20)30)33-21-16-6-3-5-15(16)17(12-18(21)24)22-25-27-28-26-22/h7-8,11-12,30H,3-6,9-10,13H2,1-2H3,(H,25,26,27,28). The van der Waals surface area contributed by atoms with Crippen molar-refractivity contribution in [3.8, 4) is 28.6 Å². The van der Waals surface area contributed by atoms with Crippen molar-refractivity contribution in [1.29, 1.82) is 0 Å². The van der Waals surface area contributed by atoms with E-state index in [9.17, 15) is 13.5 Å². The van der Waals surface area contributed by atoms with E-state index in [0.717, 1.165) is 48.8 Å². The summed E-state index contributed by atoms with van der Waals surface area (Å²) in [5.41, 5.74) is 2.72. The van der Waals surface area contributed by atoms with Crippen molar-refractivity contribution in [3.63, 3.8) is 0 Å². The first-order valence-corrected chi connectivity index (χ1v) is 13.1. The van der Waals surface area contributed by atoms with Gasteiger partial charge in [0, 0.05) is 30.3 Å². The number of aromatic amines is 1. The number of hydrogen-bond donors (Lipinski definition) is 2. The predicted octanol–water partition coefficient (Wildman–Crippen LogP) is 4.32. The molecule has 34 heavy (non-hydrogen) atoms. The number of fused-ring (bicyclic) bond motifs is 1. The van der Waals surface area contributed by atoms with Crippen LogP contribution >= 0.6 is 11.6 Å². The van der Waals surface area contributed by atoms with Crippen LogP contribution in [-0.2, 0) is 22.9 Å². The van der Waals surface area contributed by atoms with E-state index in [0.29, 0.717) is 29.7 Å². The average molecular weight is 504 g/mol. The minimum absolute atomic E-state index is 0.121. The number of aromatic nitrogens is 4. The number of nitrogens with one attached hydrogen (secondary N) is 1. The molecule has 1 fully saturated rings. The zero-order chi connectivity index (χ0) is 24.1. The lowest BCUT2D eigenvalue weighted by molar-refractivity contribution is 0.186. The molecule has 1 aromatic heterocycles. The third kappa shape index (κ3) is 4.14. The first-order valence-electron chi connectivity index (χ1n) is 11.3. The number of benzene rings is 2. The number of ether oxygens (including phenoxy) is 1. The maximum atomic E-state index is 13.4. The highest BCUT2D eigenvalue weighted by Crippen LogP contribution is 2.44. The summed E-state index contributed by atoms with van der Waals surface area (Å²) >= 11 is 6.61. The highest BCUT2D eigenvalue weighted by Gasteiger charge is 2.36. The van der Waals surface area contributed by atoms with Gasteiger partial charge in [0.15, 0.2) is 5.82 Å². The number of tetrazole rings is 1. The molecule has 9 nitrogen and oxygen atoms in total. The molecule has 5 rings (SSSR count). The van der Waals surface area contributed by atoms with E-state index in [2.05, 4.69) is 34.5 Å². The Balaban J connectivity index is 1.50. The molecule has 0 radical (unpaired) electrons. The lowest BCUT2D eigenvalue weighted by Crippen LogP contribution is -2.43. The van der Waals surface area contributed by atoms with Crippen LogP contribution in [0.1, 0.15) is 44.2 Å². The molecule has 0 saturated carbocycles. The number of nitrogens with zero attached hydrogens (tertiary/aromatic N) is 4. The Morgan fingerprint density at radius 2 is 1.97 bits per heavy atom. The topological polar surface area (TPSA) is 121 Å². The Labute approximate surface area is 203 Å². The lowest BCUT2D eigenvalue weighted by Gasteiger charge is -2.37. The van der Waals surface area contributed by atoms with Crippen molar-refractivity contribution in [1.82, 2.24) is 24.9 Å². The fraction of sp³-hybridized carbons (Fsp3) is 0.435. The Morgan fingerprint density at radius 1 is 1.18 bits per heavy atom. The van der Waals surface area contributed by atoms with Crippen molar-refractivity contribution in [2.45, 2.75) is 50.8 Å². The van der Waals surface area contributed by atoms with Crippen molar-refractivity contribution >= 4 is 21.6 Å². The van der Waals surface area contributed by atoms with Crippen molar-refractivity contribution < 1.29 is 18.3 Å². The normalized spacial score (nSPS) is 18.1. The van der Waals surface area contributed by atoms with Crippen molar-refractivity contribution in [2.24, 2.45) is 5.41 Å². The van der Waals surface area contributed by atoms with Crippen LogP contribution in [0.5, 0.6) is 17.2 Å². The minimum Gasteiger partial charge on any atom is -0.507 e. The molecule has 1 aliphatic heterocycles. The summed E-state index contributed by atoms with van der Waals surface area (Å²) in [5.74, 6) is 1.01. The molecule has 180 valence electrons. The van der Waals surface area contributed by atoms with Gasteiger partial charge in [-0.25, -0.2) is 13.5 Å². The summed E-state index contributed by atoms with van der Waals surface area (Å²) in [4.78, 5) is -0.167. The van der Waals surface area contributed by atoms with Gasteiger partial charge in [-0.15, -0.1) is 5.10 Å². The molecule has 1 saturated heterocycles. The van der Waals surface area contributed by atoms with Gasteiger partial charge in [0.2, 0.25) is 10.0 Å². The number of sulfonamides is 1. The Kier molecular flexibility index (Phi) is 5.78. The predicted molar refractivity (Wildman–Crippen MR) is 127 cm³/mol. The fourth-order valence-electron chi connectivity index (χ4n) is 4.91. The lowest BCUT2D eigenvalue weighted by atomic mass is 9.85. The minimum atomic E-state index is -3.89. The third-order valence-corrected chi connectivity index (χ3v) is 8.70. The number of phenolic OH excluding ortho intramolecular Hbond substituents is 1. The van der Waals surface area contributed by atoms with Gasteiger partial charge in [-0.1, -0.05) is 25.4 Å². The number of piperidine rings is 1. The molecular formula is C23H26ClN5O4S. The molecule has 0 amide bonds. The molecular weight excluding hydrogens is 478 g/mol. The molecule has 2 aromatic carbocycles. The number of H-pyrrole nitrogens is 1. The molecule has 0 spiro atoms. The molecule has 11 heteroatoms. The van der Waals surface area contributed by atoms with E-state index >= 15 is 0 Å². The number of hydrogen-bond acceptors (Lipinski definition) is 7. The molecule has 0 atom stereocenters. The number of phenols is 1. The van der Waals surface area contributed by atoms with Crippen LogP contribution in [0.2, 0.25) is 5.02 Å². The van der Waals surface area contributed by atoms with Crippen LogP contribution in [0, 0.1) is 5.41 Å². The summed E-state index contributed by atoms with van der Waals surface area (Å²) in [6.45, 7) is 4.93. The van der Waals surface area contributed by atoms with Gasteiger partial charge in [-0.3, -0.25) is 0 Å². The molecule has 3 aromatic rings. The van der Waals surface area contributed by atoms with E-state index < -0.39 is 10.0 Å². The number of rotatable bonds is 5. The van der Waals surface area contributed by atoms with E-state index in [-0.39, 0.29) is 21.8 Å². The van der Waals surface area contributed by atoms with Crippen LogP contribution in [-0.4, -0.2) is 51.5 Å². The molecule has 0 bridgehead atoms. The zero-order valence-electron chi connectivity index (χ0n) is 19.0. The van der Waals surface area contributed by atoms with Crippen molar-refractivity contribution in [2.75, 3.05) is 13.1 Å². The van der Waals surface area contributed by atoms with Gasteiger partial charge in [0.25, 0.3) is 0 Å². The summed E-state index contributed by atoms with van der Waals surface area (Å²) in [6, 6.07) is 6.02. The van der Waals surface area contributed by atoms with Crippen molar-refractivity contribution in [3.05, 3.63) is 40.4 Å². The Morgan fingerprint density at radius 3 is 2.71 bits per heavy atom. The fourth-order valence-corrected chi connectivity index (χ4v) is 6.93. The monoisotopic (exact) mass is 503 g/mol. The number of halogens is 1.